The van der Waals surface area contributed by atoms with Gasteiger partial charge in [-0.15, -0.1) is 0 Å². The van der Waals surface area contributed by atoms with Gasteiger partial charge in [-0.1, -0.05) is 6.08 Å². The van der Waals surface area contributed by atoms with Crippen LogP contribution in [0.3, 0.4) is 0 Å². The zero-order valence-electron chi connectivity index (χ0n) is 12.0. The minimum absolute atomic E-state index is 0.243. The van der Waals surface area contributed by atoms with Gasteiger partial charge in [0.05, 0.1) is 5.69 Å². The van der Waals surface area contributed by atoms with Gasteiger partial charge in [0.1, 0.15) is 5.60 Å². The van der Waals surface area contributed by atoms with Gasteiger partial charge in [0, 0.05) is 26.3 Å². The maximum absolute atomic E-state index is 11.9. The van der Waals surface area contributed by atoms with E-state index < -0.39 is 5.60 Å². The highest BCUT2D eigenvalue weighted by atomic mass is 16.6. The highest BCUT2D eigenvalue weighted by Gasteiger charge is 2.24. The molecule has 2 heterocycles. The molecular weight excluding hydrogens is 242 g/mol. The van der Waals surface area contributed by atoms with Gasteiger partial charge in [0.25, 0.3) is 0 Å². The van der Waals surface area contributed by atoms with Crippen LogP contribution in [0.5, 0.6) is 0 Å². The molecule has 5 heteroatoms. The van der Waals surface area contributed by atoms with Gasteiger partial charge in [-0.25, -0.2) is 4.79 Å². The van der Waals surface area contributed by atoms with Gasteiger partial charge in [-0.2, -0.15) is 5.10 Å². The molecule has 2 rings (SSSR count). The third-order valence-electron chi connectivity index (χ3n) is 3.01. The number of carbonyl (C=O) groups is 1. The minimum Gasteiger partial charge on any atom is -0.444 e. The Labute approximate surface area is 113 Å². The summed E-state index contributed by atoms with van der Waals surface area (Å²) in [5.41, 5.74) is 1.91. The Morgan fingerprint density at radius 3 is 2.63 bits per heavy atom. The van der Waals surface area contributed by atoms with Crippen LogP contribution in [0.1, 0.15) is 32.9 Å². The number of hydrogen-bond acceptors (Lipinski definition) is 3. The fourth-order valence-corrected chi connectivity index (χ4v) is 2.08. The van der Waals surface area contributed by atoms with E-state index in [0.717, 1.165) is 12.1 Å². The third kappa shape index (κ3) is 3.36. The second kappa shape index (κ2) is 5.07. The fraction of sp³-hybridized carbons (Fsp3) is 0.571. The summed E-state index contributed by atoms with van der Waals surface area (Å²) in [7, 11) is 1.93. The molecule has 0 saturated heterocycles. The highest BCUT2D eigenvalue weighted by molar-refractivity contribution is 5.71. The van der Waals surface area contributed by atoms with Crippen molar-refractivity contribution in [1.82, 2.24) is 14.7 Å². The first-order valence-corrected chi connectivity index (χ1v) is 6.52. The molecule has 0 fully saturated rings. The molecule has 0 spiro atoms. The van der Waals surface area contributed by atoms with E-state index in [0.29, 0.717) is 13.1 Å². The number of carbonyl (C=O) groups excluding carboxylic acids is 1. The van der Waals surface area contributed by atoms with Crippen LogP contribution in [0, 0.1) is 0 Å². The van der Waals surface area contributed by atoms with Crippen LogP contribution in [0.2, 0.25) is 0 Å². The van der Waals surface area contributed by atoms with Crippen LogP contribution in [0.15, 0.2) is 18.3 Å². The first-order valence-electron chi connectivity index (χ1n) is 6.52. The van der Waals surface area contributed by atoms with Crippen LogP contribution in [-0.2, 0) is 11.8 Å². The lowest BCUT2D eigenvalue weighted by Crippen LogP contribution is -2.39. The minimum atomic E-state index is -0.441. The quantitative estimate of drug-likeness (QED) is 0.782. The molecule has 1 aromatic rings. The number of amides is 1. The van der Waals surface area contributed by atoms with Crippen molar-refractivity contribution in [3.63, 3.8) is 0 Å². The Morgan fingerprint density at radius 2 is 2.16 bits per heavy atom. The van der Waals surface area contributed by atoms with Crippen molar-refractivity contribution < 1.29 is 9.53 Å². The Hall–Kier alpha value is -1.78. The van der Waals surface area contributed by atoms with E-state index in [4.69, 9.17) is 4.74 Å². The van der Waals surface area contributed by atoms with Crippen molar-refractivity contribution in [1.29, 1.82) is 0 Å². The van der Waals surface area contributed by atoms with E-state index in [-0.39, 0.29) is 6.09 Å². The molecule has 1 amide bonds. The standard InChI is InChI=1S/C14H21N3O2/c1-14(2,3)19-13(18)17-9-6-11(7-10-17)12-5-8-15-16(12)4/h5-6,8H,7,9-10H2,1-4H3. The second-order valence-electron chi connectivity index (χ2n) is 5.75. The molecular formula is C14H21N3O2. The van der Waals surface area contributed by atoms with Crippen molar-refractivity contribution in [2.45, 2.75) is 32.8 Å². The molecule has 0 radical (unpaired) electrons. The molecule has 1 aromatic heterocycles. The van der Waals surface area contributed by atoms with Crippen LogP contribution >= 0.6 is 0 Å². The van der Waals surface area contributed by atoms with Crippen LogP contribution in [0.4, 0.5) is 4.79 Å². The molecule has 0 unspecified atom stereocenters. The maximum Gasteiger partial charge on any atom is 0.410 e. The van der Waals surface area contributed by atoms with Crippen molar-refractivity contribution in [3.8, 4) is 0 Å². The van der Waals surface area contributed by atoms with E-state index in [1.54, 1.807) is 11.1 Å². The SMILES string of the molecule is Cn1nccc1C1=CCN(C(=O)OC(C)(C)C)CC1. The van der Waals surface area contributed by atoms with Gasteiger partial charge >= 0.3 is 6.09 Å². The molecule has 5 nitrogen and oxygen atoms in total. The number of aromatic nitrogens is 2. The van der Waals surface area contributed by atoms with Crippen LogP contribution in [0.25, 0.3) is 5.57 Å². The van der Waals surface area contributed by atoms with E-state index in [1.165, 1.54) is 5.57 Å². The summed E-state index contributed by atoms with van der Waals surface area (Å²) in [6, 6.07) is 2.00. The normalized spacial score (nSPS) is 16.2. The number of hydrogen-bond donors (Lipinski definition) is 0. The molecule has 0 saturated carbocycles. The average molecular weight is 263 g/mol. The third-order valence-corrected chi connectivity index (χ3v) is 3.01. The van der Waals surface area contributed by atoms with Crippen molar-refractivity contribution in [2.24, 2.45) is 7.05 Å². The maximum atomic E-state index is 11.9. The molecule has 1 aliphatic heterocycles. The molecule has 104 valence electrons. The lowest BCUT2D eigenvalue weighted by atomic mass is 10.1. The first kappa shape index (κ1) is 13.6. The Morgan fingerprint density at radius 1 is 1.42 bits per heavy atom. The summed E-state index contributed by atoms with van der Waals surface area (Å²) in [6.07, 6.45) is 4.45. The summed E-state index contributed by atoms with van der Waals surface area (Å²) in [4.78, 5) is 13.7. The van der Waals surface area contributed by atoms with Gasteiger partial charge in [0.15, 0.2) is 0 Å². The predicted molar refractivity (Wildman–Crippen MR) is 73.6 cm³/mol. The van der Waals surface area contributed by atoms with Crippen LogP contribution < -0.4 is 0 Å². The molecule has 0 aliphatic carbocycles. The smallest absolute Gasteiger partial charge is 0.410 e. The second-order valence-corrected chi connectivity index (χ2v) is 5.75. The van der Waals surface area contributed by atoms with E-state index >= 15 is 0 Å². The Kier molecular flexibility index (Phi) is 3.64. The van der Waals surface area contributed by atoms with Gasteiger partial charge in [0.2, 0.25) is 0 Å². The average Bonchev–Trinajstić information content (AvgIpc) is 2.73. The molecule has 19 heavy (non-hydrogen) atoms. The van der Waals surface area contributed by atoms with Crippen molar-refractivity contribution >= 4 is 11.7 Å². The van der Waals surface area contributed by atoms with E-state index in [9.17, 15) is 4.79 Å². The van der Waals surface area contributed by atoms with Gasteiger partial charge in [-0.05, 0) is 38.8 Å². The fourth-order valence-electron chi connectivity index (χ4n) is 2.08. The largest absolute Gasteiger partial charge is 0.444 e. The van der Waals surface area contributed by atoms with Crippen LogP contribution in [-0.4, -0.2) is 39.5 Å². The summed E-state index contributed by atoms with van der Waals surface area (Å²) < 4.78 is 7.22. The summed E-state index contributed by atoms with van der Waals surface area (Å²) in [5, 5.41) is 4.17. The number of ether oxygens (including phenoxy) is 1. The zero-order chi connectivity index (χ0) is 14.0. The lowest BCUT2D eigenvalue weighted by molar-refractivity contribution is 0.0270. The summed E-state index contributed by atoms with van der Waals surface area (Å²) in [6.45, 7) is 6.92. The summed E-state index contributed by atoms with van der Waals surface area (Å²) >= 11 is 0. The molecule has 1 aliphatic rings. The van der Waals surface area contributed by atoms with E-state index in [2.05, 4.69) is 11.2 Å². The Balaban J connectivity index is 2.00. The van der Waals surface area contributed by atoms with E-state index in [1.807, 2.05) is 38.6 Å². The Bertz CT molecular complexity index is 497. The highest BCUT2D eigenvalue weighted by Crippen LogP contribution is 2.22. The molecule has 0 N–H and O–H groups in total. The van der Waals surface area contributed by atoms with Gasteiger partial charge < -0.3 is 9.64 Å². The lowest BCUT2D eigenvalue weighted by Gasteiger charge is -2.29. The first-order chi connectivity index (χ1) is 8.87. The monoisotopic (exact) mass is 263 g/mol. The number of nitrogens with zero attached hydrogens (tertiary/aromatic N) is 3. The molecule has 0 atom stereocenters. The summed E-state index contributed by atoms with van der Waals surface area (Å²) in [5.74, 6) is 0. The number of aryl methyl sites for hydroxylation is 1. The zero-order valence-corrected chi connectivity index (χ0v) is 12.0. The number of rotatable bonds is 1. The van der Waals surface area contributed by atoms with Crippen molar-refractivity contribution in [2.75, 3.05) is 13.1 Å². The van der Waals surface area contributed by atoms with Crippen molar-refractivity contribution in [3.05, 3.63) is 24.0 Å². The molecule has 0 aromatic carbocycles. The topological polar surface area (TPSA) is 47.4 Å². The predicted octanol–water partition coefficient (Wildman–Crippen LogP) is 2.44. The van der Waals surface area contributed by atoms with Gasteiger partial charge in [-0.3, -0.25) is 4.68 Å². The molecule has 0 bridgehead atoms.